The standard InChI is InChI=1S/C60H53NSi/c1-58(2)52-24-16-15-23-50(52)56-57(58)51-36-28-41(38-54(51)59(56,3)4)40-26-29-44(30-27-40)61(45-31-34-47(35-32-45)62(5,6)7)46-33-37-49-48-22-14-17-25-53(48)60(55(49)39-46,42-18-10-8-11-19-42)43-20-12-9-13-21-43/h8-39H,1-7H3. The van der Waals surface area contributed by atoms with Gasteiger partial charge in [0, 0.05) is 27.9 Å². The number of rotatable bonds is 7. The van der Waals surface area contributed by atoms with E-state index in [1.165, 1.54) is 83.1 Å². The fourth-order valence-corrected chi connectivity index (χ4v) is 12.6. The van der Waals surface area contributed by atoms with Crippen LogP contribution < -0.4 is 10.1 Å². The van der Waals surface area contributed by atoms with Gasteiger partial charge in [-0.15, -0.1) is 0 Å². The molecule has 3 aliphatic carbocycles. The Morgan fingerprint density at radius 2 is 0.806 bits per heavy atom. The molecule has 1 nitrogen and oxygen atoms in total. The van der Waals surface area contributed by atoms with Crippen molar-refractivity contribution in [2.24, 2.45) is 0 Å². The molecular formula is C60H53NSi. The Bertz CT molecular complexity index is 3030. The van der Waals surface area contributed by atoms with Gasteiger partial charge in [-0.25, -0.2) is 0 Å². The van der Waals surface area contributed by atoms with E-state index in [2.05, 4.69) is 246 Å². The lowest BCUT2D eigenvalue weighted by molar-refractivity contribution is 0.694. The predicted octanol–water partition coefficient (Wildman–Crippen LogP) is 15.2. The third-order valence-corrected chi connectivity index (χ3v) is 16.5. The molecule has 0 saturated heterocycles. The van der Waals surface area contributed by atoms with Gasteiger partial charge in [-0.3, -0.25) is 0 Å². The van der Waals surface area contributed by atoms with Crippen LogP contribution in [0.5, 0.6) is 0 Å². The van der Waals surface area contributed by atoms with Crippen LogP contribution >= 0.6 is 0 Å². The zero-order chi connectivity index (χ0) is 42.6. The van der Waals surface area contributed by atoms with E-state index in [1.54, 1.807) is 0 Å². The van der Waals surface area contributed by atoms with Crippen LogP contribution in [0.25, 0.3) is 33.4 Å². The Morgan fingerprint density at radius 3 is 1.42 bits per heavy atom. The predicted molar refractivity (Wildman–Crippen MR) is 266 cm³/mol. The Morgan fingerprint density at radius 1 is 0.355 bits per heavy atom. The lowest BCUT2D eigenvalue weighted by Gasteiger charge is -2.35. The second kappa shape index (κ2) is 13.8. The number of hydrogen-bond donors (Lipinski definition) is 0. The highest BCUT2D eigenvalue weighted by molar-refractivity contribution is 6.88. The van der Waals surface area contributed by atoms with E-state index in [9.17, 15) is 0 Å². The van der Waals surface area contributed by atoms with Crippen LogP contribution in [0.15, 0.2) is 194 Å². The van der Waals surface area contributed by atoms with Crippen LogP contribution in [-0.2, 0) is 16.2 Å². The molecule has 0 amide bonds. The molecule has 2 heteroatoms. The quantitative estimate of drug-likeness (QED) is 0.145. The average molecular weight is 816 g/mol. The number of anilines is 3. The van der Waals surface area contributed by atoms with Gasteiger partial charge >= 0.3 is 0 Å². The molecular weight excluding hydrogens is 763 g/mol. The smallest absolute Gasteiger partial charge is 0.0775 e. The highest BCUT2D eigenvalue weighted by atomic mass is 28.3. The maximum Gasteiger partial charge on any atom is 0.0775 e. The number of hydrogen-bond acceptors (Lipinski definition) is 1. The van der Waals surface area contributed by atoms with Crippen LogP contribution in [0.1, 0.15) is 72.2 Å². The molecule has 0 spiro atoms. The molecule has 0 N–H and O–H groups in total. The minimum Gasteiger partial charge on any atom is -0.310 e. The van der Waals surface area contributed by atoms with Gasteiger partial charge < -0.3 is 4.90 Å². The van der Waals surface area contributed by atoms with Gasteiger partial charge in [0.15, 0.2) is 0 Å². The summed E-state index contributed by atoms with van der Waals surface area (Å²) in [4.78, 5) is 2.46. The molecule has 0 radical (unpaired) electrons. The van der Waals surface area contributed by atoms with Crippen molar-refractivity contribution in [1.29, 1.82) is 0 Å². The summed E-state index contributed by atoms with van der Waals surface area (Å²) in [5.74, 6) is 0. The molecule has 302 valence electrons. The fraction of sp³-hybridized carbons (Fsp3) is 0.167. The second-order valence-electron chi connectivity index (χ2n) is 19.7. The Labute approximate surface area is 369 Å². The highest BCUT2D eigenvalue weighted by Gasteiger charge is 2.50. The summed E-state index contributed by atoms with van der Waals surface area (Å²) in [6.45, 7) is 16.9. The first kappa shape index (κ1) is 38.4. The zero-order valence-corrected chi connectivity index (χ0v) is 37.9. The number of nitrogens with zero attached hydrogens (tertiary/aromatic N) is 1. The lowest BCUT2D eigenvalue weighted by atomic mass is 9.67. The zero-order valence-electron chi connectivity index (χ0n) is 36.9. The Hall–Kier alpha value is -6.48. The second-order valence-corrected chi connectivity index (χ2v) is 24.8. The maximum absolute atomic E-state index is 2.48. The van der Waals surface area contributed by atoms with E-state index in [0.717, 1.165) is 17.1 Å². The molecule has 0 heterocycles. The van der Waals surface area contributed by atoms with Crippen LogP contribution in [0, 0.1) is 0 Å². The normalized spacial score (nSPS) is 16.0. The van der Waals surface area contributed by atoms with E-state index >= 15 is 0 Å². The van der Waals surface area contributed by atoms with E-state index < -0.39 is 13.5 Å². The van der Waals surface area contributed by atoms with Gasteiger partial charge in [0.1, 0.15) is 0 Å². The number of fused-ring (bicyclic) bond motifs is 7. The van der Waals surface area contributed by atoms with Crippen LogP contribution in [0.2, 0.25) is 19.6 Å². The molecule has 0 aliphatic heterocycles. The Balaban J connectivity index is 1.04. The first-order chi connectivity index (χ1) is 29.9. The molecule has 0 atom stereocenters. The van der Waals surface area contributed by atoms with E-state index in [4.69, 9.17) is 0 Å². The molecule has 62 heavy (non-hydrogen) atoms. The van der Waals surface area contributed by atoms with Gasteiger partial charge in [0.2, 0.25) is 0 Å². The van der Waals surface area contributed by atoms with Crippen molar-refractivity contribution in [3.63, 3.8) is 0 Å². The molecule has 0 fully saturated rings. The molecule has 11 rings (SSSR count). The van der Waals surface area contributed by atoms with Crippen molar-refractivity contribution >= 4 is 41.5 Å². The minimum absolute atomic E-state index is 0.0312. The summed E-state index contributed by atoms with van der Waals surface area (Å²) < 4.78 is 0. The molecule has 8 aromatic rings. The largest absolute Gasteiger partial charge is 0.310 e. The summed E-state index contributed by atoms with van der Waals surface area (Å²) in [6, 6.07) is 73.4. The van der Waals surface area contributed by atoms with Crippen molar-refractivity contribution < 1.29 is 0 Å². The van der Waals surface area contributed by atoms with Gasteiger partial charge in [-0.05, 0) is 120 Å². The summed E-state index contributed by atoms with van der Waals surface area (Å²) in [6.07, 6.45) is 0. The SMILES string of the molecule is CC1(C)C2=C(c3ccccc31)C(C)(C)c1cc(-c3ccc(N(c4ccc([Si](C)(C)C)cc4)c4ccc5c(c4)C(c4ccccc4)(c4ccccc4)c4ccccc4-5)cc3)ccc12. The molecule has 3 aliphatic rings. The van der Waals surface area contributed by atoms with Crippen molar-refractivity contribution in [1.82, 2.24) is 0 Å². The van der Waals surface area contributed by atoms with Crippen molar-refractivity contribution in [2.75, 3.05) is 4.90 Å². The monoisotopic (exact) mass is 815 g/mol. The van der Waals surface area contributed by atoms with Crippen LogP contribution in [0.3, 0.4) is 0 Å². The maximum atomic E-state index is 2.48. The van der Waals surface area contributed by atoms with Gasteiger partial charge in [-0.2, -0.15) is 0 Å². The average Bonchev–Trinajstić information content (AvgIpc) is 3.83. The summed E-state index contributed by atoms with van der Waals surface area (Å²) in [5, 5.41) is 1.46. The molecule has 0 bridgehead atoms. The van der Waals surface area contributed by atoms with Crippen molar-refractivity contribution in [3.05, 3.63) is 239 Å². The van der Waals surface area contributed by atoms with Gasteiger partial charge in [0.25, 0.3) is 0 Å². The minimum atomic E-state index is -1.51. The number of allylic oxidation sites excluding steroid dienone is 2. The summed E-state index contributed by atoms with van der Waals surface area (Å²) in [7, 11) is -1.51. The highest BCUT2D eigenvalue weighted by Crippen LogP contribution is 2.63. The van der Waals surface area contributed by atoms with E-state index in [1.807, 2.05) is 0 Å². The number of benzene rings is 8. The van der Waals surface area contributed by atoms with E-state index in [0.29, 0.717) is 0 Å². The van der Waals surface area contributed by atoms with Crippen molar-refractivity contribution in [3.8, 4) is 22.3 Å². The first-order valence-electron chi connectivity index (χ1n) is 22.3. The summed E-state index contributed by atoms with van der Waals surface area (Å²) in [5.41, 5.74) is 21.8. The van der Waals surface area contributed by atoms with Gasteiger partial charge in [-0.1, -0.05) is 204 Å². The first-order valence-corrected chi connectivity index (χ1v) is 25.8. The van der Waals surface area contributed by atoms with E-state index in [-0.39, 0.29) is 10.8 Å². The molecule has 8 aromatic carbocycles. The molecule has 0 saturated carbocycles. The lowest BCUT2D eigenvalue weighted by Crippen LogP contribution is -2.37. The molecule has 0 unspecified atom stereocenters. The molecule has 0 aromatic heterocycles. The summed E-state index contributed by atoms with van der Waals surface area (Å²) >= 11 is 0. The van der Waals surface area contributed by atoms with Crippen LogP contribution in [0.4, 0.5) is 17.1 Å². The fourth-order valence-electron chi connectivity index (χ4n) is 11.5. The van der Waals surface area contributed by atoms with Crippen LogP contribution in [-0.4, -0.2) is 8.07 Å². The topological polar surface area (TPSA) is 3.24 Å². The third-order valence-electron chi connectivity index (χ3n) is 14.5. The third kappa shape index (κ3) is 5.52. The Kier molecular flexibility index (Phi) is 8.53. The van der Waals surface area contributed by atoms with Crippen molar-refractivity contribution in [2.45, 2.75) is 63.6 Å². The van der Waals surface area contributed by atoms with Gasteiger partial charge in [0.05, 0.1) is 13.5 Å².